The Hall–Kier alpha value is -3.88. The van der Waals surface area contributed by atoms with Crippen LogP contribution in [0.2, 0.25) is 0 Å². The number of methoxy groups -OCH3 is 1. The fourth-order valence-electron chi connectivity index (χ4n) is 3.13. The van der Waals surface area contributed by atoms with E-state index in [1.165, 1.54) is 31.4 Å². The molecule has 0 aliphatic carbocycles. The molecule has 3 aromatic carbocycles. The number of halogens is 4. The van der Waals surface area contributed by atoms with Gasteiger partial charge in [0.05, 0.1) is 25.3 Å². The van der Waals surface area contributed by atoms with Crippen molar-refractivity contribution in [2.45, 2.75) is 12.2 Å². The molecule has 5 nitrogen and oxygen atoms in total. The Labute approximate surface area is 187 Å². The number of amides is 2. The van der Waals surface area contributed by atoms with Crippen molar-refractivity contribution in [3.05, 3.63) is 101 Å². The zero-order chi connectivity index (χ0) is 24.0. The summed E-state index contributed by atoms with van der Waals surface area (Å²) >= 11 is 0. The van der Waals surface area contributed by atoms with Crippen LogP contribution in [0.15, 0.2) is 72.8 Å². The van der Waals surface area contributed by atoms with Crippen LogP contribution < -0.4 is 15.4 Å². The summed E-state index contributed by atoms with van der Waals surface area (Å²) in [6.07, 6.45) is -4.55. The minimum Gasteiger partial charge on any atom is -0.497 e. The van der Waals surface area contributed by atoms with Gasteiger partial charge < -0.3 is 15.4 Å². The summed E-state index contributed by atoms with van der Waals surface area (Å²) in [6, 6.07) is 15.0. The topological polar surface area (TPSA) is 67.4 Å². The minimum atomic E-state index is -4.55. The molecule has 0 fully saturated rings. The predicted molar refractivity (Wildman–Crippen MR) is 113 cm³/mol. The second-order valence-electron chi connectivity index (χ2n) is 7.09. The van der Waals surface area contributed by atoms with Crippen molar-refractivity contribution in [3.8, 4) is 5.75 Å². The molecular weight excluding hydrogens is 440 g/mol. The minimum absolute atomic E-state index is 0.161. The molecule has 0 aliphatic heterocycles. The summed E-state index contributed by atoms with van der Waals surface area (Å²) in [5.74, 6) is -1.18. The zero-order valence-corrected chi connectivity index (χ0v) is 17.4. The molecule has 0 aliphatic rings. The van der Waals surface area contributed by atoms with Crippen LogP contribution in [-0.2, 0) is 11.0 Å². The second-order valence-corrected chi connectivity index (χ2v) is 7.09. The average molecular weight is 460 g/mol. The monoisotopic (exact) mass is 460 g/mol. The lowest BCUT2D eigenvalue weighted by atomic mass is 9.96. The summed E-state index contributed by atoms with van der Waals surface area (Å²) in [7, 11) is 1.48. The lowest BCUT2D eigenvalue weighted by Gasteiger charge is -2.21. The number of ether oxygens (including phenoxy) is 1. The van der Waals surface area contributed by atoms with Crippen molar-refractivity contribution in [2.24, 2.45) is 0 Å². The molecule has 1 unspecified atom stereocenters. The van der Waals surface area contributed by atoms with Gasteiger partial charge in [0.2, 0.25) is 5.91 Å². The lowest BCUT2D eigenvalue weighted by molar-refractivity contribution is -0.137. The van der Waals surface area contributed by atoms with Crippen molar-refractivity contribution in [3.63, 3.8) is 0 Å². The van der Waals surface area contributed by atoms with Gasteiger partial charge in [-0.05, 0) is 59.7 Å². The lowest BCUT2D eigenvalue weighted by Crippen LogP contribution is -2.39. The maximum Gasteiger partial charge on any atom is 0.416 e. The fourth-order valence-corrected chi connectivity index (χ4v) is 3.13. The van der Waals surface area contributed by atoms with Crippen molar-refractivity contribution < 1.29 is 31.9 Å². The molecule has 172 valence electrons. The molecule has 0 aromatic heterocycles. The smallest absolute Gasteiger partial charge is 0.416 e. The average Bonchev–Trinajstić information content (AvgIpc) is 2.81. The van der Waals surface area contributed by atoms with Gasteiger partial charge in [-0.15, -0.1) is 0 Å². The van der Waals surface area contributed by atoms with E-state index in [0.29, 0.717) is 11.3 Å². The molecule has 2 N–H and O–H groups in total. The number of nitrogens with one attached hydrogen (secondary N) is 2. The van der Waals surface area contributed by atoms with Crippen LogP contribution >= 0.6 is 0 Å². The maximum absolute atomic E-state index is 13.2. The van der Waals surface area contributed by atoms with Crippen LogP contribution in [0.25, 0.3) is 0 Å². The molecule has 0 saturated carbocycles. The number of benzene rings is 3. The molecule has 0 spiro atoms. The van der Waals surface area contributed by atoms with Crippen LogP contribution in [0, 0.1) is 5.82 Å². The molecule has 2 amide bonds. The Bertz CT molecular complexity index is 1110. The molecule has 9 heteroatoms. The van der Waals surface area contributed by atoms with Gasteiger partial charge in [-0.3, -0.25) is 9.59 Å². The van der Waals surface area contributed by atoms with Crippen molar-refractivity contribution in [1.82, 2.24) is 10.6 Å². The van der Waals surface area contributed by atoms with Crippen LogP contribution in [0.3, 0.4) is 0 Å². The summed E-state index contributed by atoms with van der Waals surface area (Å²) < 4.78 is 57.8. The van der Waals surface area contributed by atoms with Gasteiger partial charge in [0.15, 0.2) is 0 Å². The fraction of sp³-hybridized carbons (Fsp3) is 0.167. The number of hydrogen-bond donors (Lipinski definition) is 2. The molecule has 1 atom stereocenters. The van der Waals surface area contributed by atoms with Gasteiger partial charge >= 0.3 is 6.18 Å². The summed E-state index contributed by atoms with van der Waals surface area (Å²) in [5.41, 5.74) is 0.0488. The first kappa shape index (κ1) is 23.8. The number of carbonyl (C=O) groups excluding carboxylic acids is 2. The second kappa shape index (κ2) is 10.2. The molecule has 3 aromatic rings. The summed E-state index contributed by atoms with van der Waals surface area (Å²) in [4.78, 5) is 24.7. The standard InChI is InChI=1S/C24H20F4N2O3/c1-33-20-11-7-15(8-12-20)22(17-3-2-4-18(13-17)24(26,27)28)30-21(31)14-29-23(32)16-5-9-19(25)10-6-16/h2-13,22H,14H2,1H3,(H,29,32)(H,30,31). The Morgan fingerprint density at radius 1 is 0.939 bits per heavy atom. The molecule has 0 saturated heterocycles. The van der Waals surface area contributed by atoms with Crippen LogP contribution in [0.1, 0.15) is 33.1 Å². The van der Waals surface area contributed by atoms with Gasteiger partial charge in [0.25, 0.3) is 5.91 Å². The SMILES string of the molecule is COc1ccc(C(NC(=O)CNC(=O)c2ccc(F)cc2)c2cccc(C(F)(F)F)c2)cc1. The molecule has 0 heterocycles. The van der Waals surface area contributed by atoms with Gasteiger partial charge in [0, 0.05) is 5.56 Å². The van der Waals surface area contributed by atoms with E-state index in [9.17, 15) is 27.2 Å². The van der Waals surface area contributed by atoms with Gasteiger partial charge in [-0.2, -0.15) is 13.2 Å². The molecular formula is C24H20F4N2O3. The molecule has 3 rings (SSSR count). The Kier molecular flexibility index (Phi) is 7.32. The highest BCUT2D eigenvalue weighted by Crippen LogP contribution is 2.32. The highest BCUT2D eigenvalue weighted by atomic mass is 19.4. The first-order chi connectivity index (χ1) is 15.7. The number of rotatable bonds is 7. The number of alkyl halides is 3. The predicted octanol–water partition coefficient (Wildman–Crippen LogP) is 4.49. The zero-order valence-electron chi connectivity index (χ0n) is 17.4. The first-order valence-electron chi connectivity index (χ1n) is 9.81. The summed E-state index contributed by atoms with van der Waals surface area (Å²) in [6.45, 7) is -0.429. The number of carbonyl (C=O) groups is 2. The van der Waals surface area contributed by atoms with E-state index in [1.807, 2.05) is 0 Å². The highest BCUT2D eigenvalue weighted by molar-refractivity contribution is 5.96. The molecule has 0 bridgehead atoms. The molecule has 0 radical (unpaired) electrons. The van der Waals surface area contributed by atoms with Crippen molar-refractivity contribution in [1.29, 1.82) is 0 Å². The van der Waals surface area contributed by atoms with Gasteiger partial charge in [-0.25, -0.2) is 4.39 Å². The maximum atomic E-state index is 13.2. The Morgan fingerprint density at radius 3 is 2.21 bits per heavy atom. The van der Waals surface area contributed by atoms with E-state index in [4.69, 9.17) is 4.74 Å². The van der Waals surface area contributed by atoms with Crippen molar-refractivity contribution in [2.75, 3.05) is 13.7 Å². The largest absolute Gasteiger partial charge is 0.497 e. The van der Waals surface area contributed by atoms with Gasteiger partial charge in [0.1, 0.15) is 11.6 Å². The van der Waals surface area contributed by atoms with Crippen LogP contribution in [-0.4, -0.2) is 25.5 Å². The third-order valence-electron chi connectivity index (χ3n) is 4.82. The Balaban J connectivity index is 1.79. The van der Waals surface area contributed by atoms with E-state index in [1.54, 1.807) is 24.3 Å². The van der Waals surface area contributed by atoms with Crippen LogP contribution in [0.4, 0.5) is 17.6 Å². The third-order valence-corrected chi connectivity index (χ3v) is 4.82. The van der Waals surface area contributed by atoms with E-state index < -0.39 is 42.0 Å². The van der Waals surface area contributed by atoms with Crippen molar-refractivity contribution >= 4 is 11.8 Å². The quantitative estimate of drug-likeness (QED) is 0.511. The van der Waals surface area contributed by atoms with E-state index in [0.717, 1.165) is 24.3 Å². The number of hydrogen-bond acceptors (Lipinski definition) is 3. The normalized spacial score (nSPS) is 12.0. The summed E-state index contributed by atoms with van der Waals surface area (Å²) in [5, 5.41) is 5.07. The van der Waals surface area contributed by atoms with E-state index >= 15 is 0 Å². The third kappa shape index (κ3) is 6.31. The molecule has 33 heavy (non-hydrogen) atoms. The first-order valence-corrected chi connectivity index (χ1v) is 9.81. The van der Waals surface area contributed by atoms with E-state index in [-0.39, 0.29) is 11.1 Å². The van der Waals surface area contributed by atoms with E-state index in [2.05, 4.69) is 10.6 Å². The highest BCUT2D eigenvalue weighted by Gasteiger charge is 2.31. The Morgan fingerprint density at radius 2 is 1.61 bits per heavy atom. The van der Waals surface area contributed by atoms with Gasteiger partial charge in [-0.1, -0.05) is 24.3 Å². The van der Waals surface area contributed by atoms with Crippen LogP contribution in [0.5, 0.6) is 5.75 Å².